The van der Waals surface area contributed by atoms with E-state index in [1.54, 1.807) is 0 Å². The predicted octanol–water partition coefficient (Wildman–Crippen LogP) is 0.468. The molecule has 0 aliphatic rings. The molecule has 0 aromatic carbocycles. The van der Waals surface area contributed by atoms with Crippen molar-refractivity contribution in [2.75, 3.05) is 6.61 Å². The minimum absolute atomic E-state index is 0.260. The Morgan fingerprint density at radius 3 is 2.45 bits per heavy atom. The van der Waals surface area contributed by atoms with E-state index < -0.39 is 16.8 Å². The van der Waals surface area contributed by atoms with Crippen LogP contribution in [0.2, 0.25) is 0 Å². The van der Waals surface area contributed by atoms with E-state index in [1.165, 1.54) is 19.9 Å². The van der Waals surface area contributed by atoms with Gasteiger partial charge in [0.15, 0.2) is 5.79 Å². The standard InChI is InChI=1S/C6H12O4S/c1-4-5-9-6(2,3)10-11(7)8/h4,11H,1,5H2,2-3H3. The van der Waals surface area contributed by atoms with E-state index in [0.29, 0.717) is 0 Å². The minimum Gasteiger partial charge on any atom is -0.345 e. The van der Waals surface area contributed by atoms with Crippen molar-refractivity contribution in [3.05, 3.63) is 12.7 Å². The van der Waals surface area contributed by atoms with Crippen molar-refractivity contribution in [1.29, 1.82) is 0 Å². The summed E-state index contributed by atoms with van der Waals surface area (Å²) in [7, 11) is -2.86. The Labute approximate surface area is 68.0 Å². The van der Waals surface area contributed by atoms with Crippen molar-refractivity contribution in [2.45, 2.75) is 19.6 Å². The van der Waals surface area contributed by atoms with Gasteiger partial charge in [0.2, 0.25) is 0 Å². The van der Waals surface area contributed by atoms with Gasteiger partial charge in [-0.05, 0) is 13.8 Å². The van der Waals surface area contributed by atoms with Gasteiger partial charge in [-0.1, -0.05) is 6.08 Å². The van der Waals surface area contributed by atoms with Crippen LogP contribution in [0.4, 0.5) is 0 Å². The molecule has 0 amide bonds. The zero-order chi connectivity index (χ0) is 8.91. The molecule has 0 aromatic rings. The molecule has 0 heterocycles. The van der Waals surface area contributed by atoms with Crippen LogP contribution >= 0.6 is 0 Å². The van der Waals surface area contributed by atoms with Crippen molar-refractivity contribution in [3.8, 4) is 0 Å². The van der Waals surface area contributed by atoms with Crippen LogP contribution in [0.15, 0.2) is 12.7 Å². The molecule has 66 valence electrons. The van der Waals surface area contributed by atoms with E-state index in [2.05, 4.69) is 10.8 Å². The summed E-state index contributed by atoms with van der Waals surface area (Å²) in [6, 6.07) is 0. The Morgan fingerprint density at radius 2 is 2.09 bits per heavy atom. The average Bonchev–Trinajstić information content (AvgIpc) is 1.81. The molecule has 0 N–H and O–H groups in total. The number of thiol groups is 1. The van der Waals surface area contributed by atoms with E-state index in [1.807, 2.05) is 0 Å². The first-order valence-electron chi connectivity index (χ1n) is 3.06. The summed E-state index contributed by atoms with van der Waals surface area (Å²) in [5, 5.41) is 0. The zero-order valence-corrected chi connectivity index (χ0v) is 7.47. The average molecular weight is 180 g/mol. The summed E-state index contributed by atoms with van der Waals surface area (Å²) in [5.74, 6) is -1.09. The van der Waals surface area contributed by atoms with Crippen LogP contribution in [0.5, 0.6) is 0 Å². The fraction of sp³-hybridized carbons (Fsp3) is 0.667. The molecule has 0 bridgehead atoms. The molecular formula is C6H12O4S. The van der Waals surface area contributed by atoms with Gasteiger partial charge < -0.3 is 4.74 Å². The molecule has 5 heteroatoms. The van der Waals surface area contributed by atoms with Crippen LogP contribution in [0.25, 0.3) is 0 Å². The van der Waals surface area contributed by atoms with Gasteiger partial charge in [0.1, 0.15) is 0 Å². The van der Waals surface area contributed by atoms with Crippen LogP contribution in [0, 0.1) is 0 Å². The van der Waals surface area contributed by atoms with Crippen LogP contribution in [-0.4, -0.2) is 20.8 Å². The number of hydrogen-bond donors (Lipinski definition) is 1. The first kappa shape index (κ1) is 10.6. The molecule has 0 fully saturated rings. The summed E-state index contributed by atoms with van der Waals surface area (Å²) >= 11 is 0. The maximum Gasteiger partial charge on any atom is 0.259 e. The van der Waals surface area contributed by atoms with Gasteiger partial charge in [0.05, 0.1) is 6.61 Å². The summed E-state index contributed by atoms with van der Waals surface area (Å²) in [5.41, 5.74) is 0. The highest BCUT2D eigenvalue weighted by Crippen LogP contribution is 2.10. The fourth-order valence-corrected chi connectivity index (χ4v) is 0.877. The highest BCUT2D eigenvalue weighted by atomic mass is 32.2. The highest BCUT2D eigenvalue weighted by molar-refractivity contribution is 7.67. The lowest BCUT2D eigenvalue weighted by Gasteiger charge is -2.20. The van der Waals surface area contributed by atoms with E-state index in [9.17, 15) is 8.42 Å². The topological polar surface area (TPSA) is 52.6 Å². The normalized spacial score (nSPS) is 11.9. The fourth-order valence-electron chi connectivity index (χ4n) is 0.465. The maximum atomic E-state index is 10.1. The largest absolute Gasteiger partial charge is 0.345 e. The van der Waals surface area contributed by atoms with E-state index in [0.717, 1.165) is 0 Å². The zero-order valence-electron chi connectivity index (χ0n) is 6.57. The van der Waals surface area contributed by atoms with Crippen molar-refractivity contribution in [2.24, 2.45) is 0 Å². The minimum atomic E-state index is -2.86. The summed E-state index contributed by atoms with van der Waals surface area (Å²) in [6.07, 6.45) is 1.52. The SMILES string of the molecule is C=CCOC(C)(C)O[SH](=O)=O. The van der Waals surface area contributed by atoms with Gasteiger partial charge in [-0.3, -0.25) is 0 Å². The number of ether oxygens (including phenoxy) is 1. The molecule has 4 nitrogen and oxygen atoms in total. The third kappa shape index (κ3) is 6.03. The highest BCUT2D eigenvalue weighted by Gasteiger charge is 2.19. The lowest BCUT2D eigenvalue weighted by atomic mass is 10.4. The predicted molar refractivity (Wildman–Crippen MR) is 41.6 cm³/mol. The Morgan fingerprint density at radius 1 is 1.55 bits per heavy atom. The van der Waals surface area contributed by atoms with Crippen LogP contribution in [0.1, 0.15) is 13.8 Å². The molecule has 0 saturated carbocycles. The Kier molecular flexibility index (Phi) is 4.32. The quantitative estimate of drug-likeness (QED) is 0.379. The molecule has 0 unspecified atom stereocenters. The monoisotopic (exact) mass is 180 g/mol. The molecule has 0 rings (SSSR count). The van der Waals surface area contributed by atoms with Gasteiger partial charge >= 0.3 is 0 Å². The van der Waals surface area contributed by atoms with Gasteiger partial charge in [0, 0.05) is 0 Å². The Hall–Kier alpha value is -0.390. The Balaban J connectivity index is 3.88. The molecule has 0 aromatic heterocycles. The van der Waals surface area contributed by atoms with Crippen molar-refractivity contribution >= 4 is 11.0 Å². The lowest BCUT2D eigenvalue weighted by Crippen LogP contribution is -2.27. The second-order valence-corrected chi connectivity index (χ2v) is 2.94. The van der Waals surface area contributed by atoms with E-state index >= 15 is 0 Å². The third-order valence-corrected chi connectivity index (χ3v) is 1.43. The van der Waals surface area contributed by atoms with Crippen molar-refractivity contribution < 1.29 is 17.3 Å². The van der Waals surface area contributed by atoms with Gasteiger partial charge in [0.25, 0.3) is 11.0 Å². The molecule has 0 saturated heterocycles. The van der Waals surface area contributed by atoms with Crippen molar-refractivity contribution in [3.63, 3.8) is 0 Å². The summed E-state index contributed by atoms with van der Waals surface area (Å²) in [4.78, 5) is 0. The van der Waals surface area contributed by atoms with Crippen LogP contribution < -0.4 is 0 Å². The summed E-state index contributed by atoms with van der Waals surface area (Å²) < 4.78 is 29.6. The molecule has 11 heavy (non-hydrogen) atoms. The number of rotatable bonds is 5. The molecule has 0 aliphatic carbocycles. The van der Waals surface area contributed by atoms with Gasteiger partial charge in [-0.15, -0.1) is 6.58 Å². The third-order valence-electron chi connectivity index (χ3n) is 0.843. The maximum absolute atomic E-state index is 10.1. The van der Waals surface area contributed by atoms with Crippen LogP contribution in [0.3, 0.4) is 0 Å². The Bertz CT molecular complexity index is 187. The molecule has 0 spiro atoms. The van der Waals surface area contributed by atoms with Crippen LogP contribution in [-0.2, 0) is 19.9 Å². The molecular weight excluding hydrogens is 168 g/mol. The second-order valence-electron chi connectivity index (χ2n) is 2.31. The van der Waals surface area contributed by atoms with E-state index in [-0.39, 0.29) is 6.61 Å². The first-order valence-corrected chi connectivity index (χ1v) is 4.16. The number of hydrogen-bond acceptors (Lipinski definition) is 4. The summed E-state index contributed by atoms with van der Waals surface area (Å²) in [6.45, 7) is 6.70. The van der Waals surface area contributed by atoms with E-state index in [4.69, 9.17) is 4.74 Å². The molecule has 0 atom stereocenters. The van der Waals surface area contributed by atoms with Gasteiger partial charge in [-0.2, -0.15) is 0 Å². The molecule has 0 aliphatic heterocycles. The van der Waals surface area contributed by atoms with Crippen molar-refractivity contribution in [1.82, 2.24) is 0 Å². The molecule has 0 radical (unpaired) electrons. The lowest BCUT2D eigenvalue weighted by molar-refractivity contribution is -0.141. The second kappa shape index (κ2) is 4.48. The van der Waals surface area contributed by atoms with Gasteiger partial charge in [-0.25, -0.2) is 12.6 Å². The smallest absolute Gasteiger partial charge is 0.259 e. The first-order chi connectivity index (χ1) is 4.98.